The maximum Gasteiger partial charge on any atom is 0.407 e. The van der Waals surface area contributed by atoms with Gasteiger partial charge in [-0.25, -0.2) is 14.6 Å². The number of hydrogen-bond donors (Lipinski definition) is 2. The van der Waals surface area contributed by atoms with Crippen LogP contribution < -0.4 is 5.32 Å². The molecule has 10 nitrogen and oxygen atoms in total. The van der Waals surface area contributed by atoms with Gasteiger partial charge in [0.1, 0.15) is 5.01 Å². The molecule has 2 N–H and O–H groups in total. The van der Waals surface area contributed by atoms with Gasteiger partial charge in [-0.3, -0.25) is 14.5 Å². The van der Waals surface area contributed by atoms with Gasteiger partial charge in [0.15, 0.2) is 17.6 Å². The summed E-state index contributed by atoms with van der Waals surface area (Å²) in [5, 5.41) is 13.8. The van der Waals surface area contributed by atoms with Crippen LogP contribution in [0.3, 0.4) is 0 Å². The Morgan fingerprint density at radius 3 is 2.35 bits per heavy atom. The number of carbonyl (C=O) groups excluding carboxylic acids is 3. The SMILES string of the molecule is CCNC(=O)O[C@H](C[C@H](C(C)C)N(C)C(=O)[C@@H](CC(=O)C12CCC(CC1)N2C)[C@@H](C)CC)c1nc(C(=O)O)cs1. The van der Waals surface area contributed by atoms with E-state index >= 15 is 0 Å². The van der Waals surface area contributed by atoms with Crippen molar-refractivity contribution in [2.24, 2.45) is 17.8 Å². The van der Waals surface area contributed by atoms with Gasteiger partial charge >= 0.3 is 12.1 Å². The Labute approximate surface area is 241 Å². The quantitative estimate of drug-likeness (QED) is 0.324. The van der Waals surface area contributed by atoms with Gasteiger partial charge < -0.3 is 20.1 Å². The summed E-state index contributed by atoms with van der Waals surface area (Å²) in [6.45, 7) is 10.2. The number of thiazole rings is 1. The Kier molecular flexibility index (Phi) is 10.7. The van der Waals surface area contributed by atoms with Crippen LogP contribution in [0.1, 0.15) is 101 Å². The second kappa shape index (κ2) is 13.4. The zero-order valence-electron chi connectivity index (χ0n) is 24.9. The number of rotatable bonds is 14. The average molecular weight is 579 g/mol. The van der Waals surface area contributed by atoms with Crippen LogP contribution >= 0.6 is 11.3 Å². The highest BCUT2D eigenvalue weighted by Crippen LogP contribution is 2.47. The summed E-state index contributed by atoms with van der Waals surface area (Å²) >= 11 is 1.11. The number of Topliss-reactive ketones (excluding diaryl/α,β-unsaturated/α-hetero) is 1. The van der Waals surface area contributed by atoms with E-state index in [2.05, 4.69) is 15.2 Å². The first-order valence-corrected chi connectivity index (χ1v) is 15.4. The molecule has 2 fully saturated rings. The van der Waals surface area contributed by atoms with Gasteiger partial charge in [-0.05, 0) is 51.5 Å². The van der Waals surface area contributed by atoms with Gasteiger partial charge in [0.05, 0.1) is 5.54 Å². The van der Waals surface area contributed by atoms with Crippen molar-refractivity contribution in [2.75, 3.05) is 20.6 Å². The number of nitrogens with one attached hydrogen (secondary N) is 1. The van der Waals surface area contributed by atoms with Gasteiger partial charge in [-0.15, -0.1) is 11.3 Å². The lowest BCUT2D eigenvalue weighted by atomic mass is 9.77. The first kappa shape index (κ1) is 32.0. The van der Waals surface area contributed by atoms with Gasteiger partial charge in [0.25, 0.3) is 0 Å². The minimum atomic E-state index is -1.16. The van der Waals surface area contributed by atoms with E-state index in [0.717, 1.165) is 43.4 Å². The molecule has 0 radical (unpaired) electrons. The van der Waals surface area contributed by atoms with Crippen LogP contribution in [0.15, 0.2) is 5.38 Å². The maximum absolute atomic E-state index is 14.1. The zero-order valence-corrected chi connectivity index (χ0v) is 25.8. The molecular weight excluding hydrogens is 532 g/mol. The van der Waals surface area contributed by atoms with E-state index in [4.69, 9.17) is 4.74 Å². The highest BCUT2D eigenvalue weighted by Gasteiger charge is 2.54. The predicted molar refractivity (Wildman–Crippen MR) is 153 cm³/mol. The molecule has 2 amide bonds. The van der Waals surface area contributed by atoms with Crippen LogP contribution in [0.4, 0.5) is 4.79 Å². The fourth-order valence-corrected chi connectivity index (χ4v) is 7.25. The predicted octanol–water partition coefficient (Wildman–Crippen LogP) is 4.75. The fraction of sp³-hybridized carbons (Fsp3) is 0.759. The molecule has 40 heavy (non-hydrogen) atoms. The third-order valence-electron chi connectivity index (χ3n) is 9.23. The van der Waals surface area contributed by atoms with Crippen LogP contribution in [-0.2, 0) is 14.3 Å². The van der Waals surface area contributed by atoms with E-state index in [-0.39, 0.29) is 48.1 Å². The summed E-state index contributed by atoms with van der Waals surface area (Å²) in [5.41, 5.74) is -0.555. The van der Waals surface area contributed by atoms with Gasteiger partial charge in [-0.1, -0.05) is 34.1 Å². The number of aromatic carboxylic acids is 1. The second-order valence-corrected chi connectivity index (χ2v) is 12.7. The van der Waals surface area contributed by atoms with Crippen molar-refractivity contribution >= 4 is 35.1 Å². The first-order chi connectivity index (χ1) is 18.9. The first-order valence-electron chi connectivity index (χ1n) is 14.5. The molecule has 1 aromatic heterocycles. The van der Waals surface area contributed by atoms with E-state index < -0.39 is 29.6 Å². The van der Waals surface area contributed by atoms with E-state index in [0.29, 0.717) is 17.6 Å². The molecule has 0 aromatic carbocycles. The lowest BCUT2D eigenvalue weighted by Gasteiger charge is -2.38. The van der Waals surface area contributed by atoms with E-state index in [9.17, 15) is 24.3 Å². The smallest absolute Gasteiger partial charge is 0.407 e. The van der Waals surface area contributed by atoms with Crippen molar-refractivity contribution in [3.05, 3.63) is 16.1 Å². The van der Waals surface area contributed by atoms with Crippen LogP contribution in [0, 0.1) is 17.8 Å². The molecule has 2 aliphatic rings. The van der Waals surface area contributed by atoms with Crippen molar-refractivity contribution in [3.63, 3.8) is 0 Å². The number of nitrogens with zero attached hydrogens (tertiary/aromatic N) is 3. The largest absolute Gasteiger partial charge is 0.476 e. The molecule has 11 heteroatoms. The Morgan fingerprint density at radius 2 is 1.88 bits per heavy atom. The number of amides is 2. The zero-order chi connectivity index (χ0) is 29.8. The highest BCUT2D eigenvalue weighted by molar-refractivity contribution is 7.09. The Hall–Kier alpha value is -2.53. The normalized spacial score (nSPS) is 23.4. The molecule has 0 spiro atoms. The highest BCUT2D eigenvalue weighted by atomic mass is 32.1. The molecule has 224 valence electrons. The van der Waals surface area contributed by atoms with Crippen LogP contribution in [0.25, 0.3) is 0 Å². The van der Waals surface area contributed by atoms with Crippen molar-refractivity contribution in [1.29, 1.82) is 0 Å². The number of likely N-dealkylation sites (N-methyl/N-ethyl adjacent to an activating group) is 1. The van der Waals surface area contributed by atoms with E-state index in [1.54, 1.807) is 18.9 Å². The third-order valence-corrected chi connectivity index (χ3v) is 10.2. The molecule has 0 unspecified atom stereocenters. The number of alkyl carbamates (subject to hydrolysis) is 1. The summed E-state index contributed by atoms with van der Waals surface area (Å²) in [7, 11) is 3.80. The molecular formula is C29H46N4O6S. The lowest BCUT2D eigenvalue weighted by molar-refractivity contribution is -0.143. The maximum atomic E-state index is 14.1. The van der Waals surface area contributed by atoms with Crippen LogP contribution in [-0.4, -0.2) is 81.9 Å². The molecule has 0 saturated carbocycles. The van der Waals surface area contributed by atoms with E-state index in [1.165, 1.54) is 5.38 Å². The fourth-order valence-electron chi connectivity index (χ4n) is 6.42. The number of aromatic nitrogens is 1. The Morgan fingerprint density at radius 1 is 1.23 bits per heavy atom. The average Bonchev–Trinajstić information content (AvgIpc) is 3.62. The van der Waals surface area contributed by atoms with Crippen molar-refractivity contribution in [3.8, 4) is 0 Å². The minimum absolute atomic E-state index is 0.00312. The Bertz CT molecular complexity index is 1070. The third kappa shape index (κ3) is 6.67. The van der Waals surface area contributed by atoms with Gasteiger partial charge in [0, 0.05) is 49.8 Å². The minimum Gasteiger partial charge on any atom is -0.476 e. The molecule has 1 aromatic rings. The number of hydrogen-bond acceptors (Lipinski definition) is 8. The summed E-state index contributed by atoms with van der Waals surface area (Å²) < 4.78 is 5.69. The topological polar surface area (TPSA) is 129 Å². The number of ether oxygens (including phenoxy) is 1. The number of carboxylic acid groups (broad SMARTS) is 1. The summed E-state index contributed by atoms with van der Waals surface area (Å²) in [6.07, 6.45) is 3.57. The standard InChI is InChI=1S/C29H46N4O6S/c1-8-18(5)20(14-24(34)29-12-10-19(11-13-29)33(29)7)26(35)32(6)22(17(3)4)15-23(39-28(38)30-9-2)25-31-21(16-40-25)27(36)37/h16-20,22-23H,8-15H2,1-7H3,(H,30,38)(H,36,37)/t18-,19?,20-,22+,23+,29?/m0/s1. The molecule has 4 atom stereocenters. The van der Waals surface area contributed by atoms with Crippen molar-refractivity contribution in [2.45, 2.75) is 103 Å². The molecule has 3 heterocycles. The molecule has 3 rings (SSSR count). The van der Waals surface area contributed by atoms with Crippen LogP contribution in [0.2, 0.25) is 0 Å². The van der Waals surface area contributed by atoms with Crippen molar-refractivity contribution in [1.82, 2.24) is 20.1 Å². The molecule has 0 aliphatic carbocycles. The number of carboxylic acids is 1. The van der Waals surface area contributed by atoms with E-state index in [1.807, 2.05) is 34.7 Å². The summed E-state index contributed by atoms with van der Waals surface area (Å²) in [4.78, 5) is 59.9. The molecule has 2 aliphatic heterocycles. The number of fused-ring (bicyclic) bond motifs is 2. The lowest BCUT2D eigenvalue weighted by Crippen LogP contribution is -2.50. The van der Waals surface area contributed by atoms with Crippen LogP contribution in [0.5, 0.6) is 0 Å². The summed E-state index contributed by atoms with van der Waals surface area (Å²) in [6, 6.07) is 0.123. The Balaban J connectivity index is 1.84. The number of carbonyl (C=O) groups is 4. The molecule has 2 bridgehead atoms. The summed E-state index contributed by atoms with van der Waals surface area (Å²) in [5.74, 6) is -1.51. The van der Waals surface area contributed by atoms with Crippen molar-refractivity contribution < 1.29 is 29.0 Å². The second-order valence-electron chi connectivity index (χ2n) is 11.8. The monoisotopic (exact) mass is 578 g/mol. The number of ketones is 1. The molecule has 2 saturated heterocycles. The van der Waals surface area contributed by atoms with Gasteiger partial charge in [0.2, 0.25) is 5.91 Å². The van der Waals surface area contributed by atoms with Gasteiger partial charge in [-0.2, -0.15) is 0 Å².